The van der Waals surface area contributed by atoms with Crippen LogP contribution in [0.3, 0.4) is 0 Å². The molecule has 0 radical (unpaired) electrons. The molecule has 1 aromatic carbocycles. The fourth-order valence-corrected chi connectivity index (χ4v) is 3.56. The van der Waals surface area contributed by atoms with Crippen LogP contribution < -0.4 is 10.6 Å². The molecular formula is C22H37IN4O. The van der Waals surface area contributed by atoms with E-state index in [0.717, 1.165) is 43.3 Å². The van der Waals surface area contributed by atoms with E-state index in [4.69, 9.17) is 4.99 Å². The Labute approximate surface area is 187 Å². The number of benzene rings is 1. The monoisotopic (exact) mass is 500 g/mol. The maximum Gasteiger partial charge on any atom is 0.253 e. The molecule has 6 heteroatoms. The van der Waals surface area contributed by atoms with Gasteiger partial charge in [-0.15, -0.1) is 24.0 Å². The summed E-state index contributed by atoms with van der Waals surface area (Å²) >= 11 is 0. The molecule has 2 rings (SSSR count). The molecule has 0 unspecified atom stereocenters. The number of aliphatic imine (C=N–C) groups is 1. The Balaban J connectivity index is 0.00000392. The number of nitrogens with zero attached hydrogens (tertiary/aromatic N) is 2. The molecule has 158 valence electrons. The van der Waals surface area contributed by atoms with Crippen molar-refractivity contribution in [2.24, 2.45) is 10.4 Å². The number of hydrogen-bond acceptors (Lipinski definition) is 2. The lowest BCUT2D eigenvalue weighted by atomic mass is 9.67. The minimum atomic E-state index is 0. The van der Waals surface area contributed by atoms with Gasteiger partial charge in [-0.3, -0.25) is 4.79 Å². The van der Waals surface area contributed by atoms with Crippen LogP contribution in [-0.2, 0) is 6.54 Å². The summed E-state index contributed by atoms with van der Waals surface area (Å²) in [6, 6.07) is 7.82. The molecule has 1 aliphatic carbocycles. The van der Waals surface area contributed by atoms with Gasteiger partial charge in [-0.05, 0) is 63.1 Å². The van der Waals surface area contributed by atoms with E-state index in [9.17, 15) is 4.79 Å². The lowest BCUT2D eigenvalue weighted by molar-refractivity contribution is 0.0773. The Hall–Kier alpha value is -1.31. The van der Waals surface area contributed by atoms with Gasteiger partial charge < -0.3 is 15.5 Å². The zero-order valence-electron chi connectivity index (χ0n) is 17.9. The number of carbonyl (C=O) groups excluding carboxylic acids is 1. The summed E-state index contributed by atoms with van der Waals surface area (Å²) in [6.07, 6.45) is 5.21. The standard InChI is InChI=1S/C22H36N4O.HI/c1-5-22(14-9-15-22)17-25-21(23-6-2)24-16-18-10-12-19(13-11-18)20(27)26(7-3)8-4;/h10-13H,5-9,14-17H2,1-4H3,(H2,23,24,25);1H. The summed E-state index contributed by atoms with van der Waals surface area (Å²) in [7, 11) is 0. The smallest absolute Gasteiger partial charge is 0.253 e. The van der Waals surface area contributed by atoms with Gasteiger partial charge in [0.25, 0.3) is 5.91 Å². The van der Waals surface area contributed by atoms with Crippen molar-refractivity contribution in [1.82, 2.24) is 15.5 Å². The van der Waals surface area contributed by atoms with Crippen molar-refractivity contribution in [3.63, 3.8) is 0 Å². The first-order valence-corrected chi connectivity index (χ1v) is 10.5. The molecule has 1 fully saturated rings. The van der Waals surface area contributed by atoms with Crippen LogP contribution in [0.4, 0.5) is 0 Å². The fraction of sp³-hybridized carbons (Fsp3) is 0.636. The summed E-state index contributed by atoms with van der Waals surface area (Å²) in [5, 5.41) is 6.86. The summed E-state index contributed by atoms with van der Waals surface area (Å²) in [6.45, 7) is 12.3. The largest absolute Gasteiger partial charge is 0.357 e. The van der Waals surface area contributed by atoms with Gasteiger partial charge in [0.15, 0.2) is 5.96 Å². The lowest BCUT2D eigenvalue weighted by Gasteiger charge is -2.41. The highest BCUT2D eigenvalue weighted by Gasteiger charge is 2.34. The van der Waals surface area contributed by atoms with Gasteiger partial charge in [-0.25, -0.2) is 4.99 Å². The number of nitrogens with one attached hydrogen (secondary N) is 2. The number of hydrogen-bond donors (Lipinski definition) is 2. The number of halogens is 1. The molecule has 1 aliphatic rings. The number of carbonyl (C=O) groups is 1. The Morgan fingerprint density at radius 3 is 2.18 bits per heavy atom. The molecule has 0 aliphatic heterocycles. The zero-order chi connectivity index (χ0) is 19.7. The highest BCUT2D eigenvalue weighted by molar-refractivity contribution is 14.0. The minimum absolute atomic E-state index is 0. The van der Waals surface area contributed by atoms with Crippen molar-refractivity contribution in [2.45, 2.75) is 59.9 Å². The van der Waals surface area contributed by atoms with Crippen LogP contribution >= 0.6 is 24.0 Å². The highest BCUT2D eigenvalue weighted by atomic mass is 127. The molecule has 0 saturated heterocycles. The van der Waals surface area contributed by atoms with Gasteiger partial charge >= 0.3 is 0 Å². The average molecular weight is 500 g/mol. The van der Waals surface area contributed by atoms with E-state index in [1.165, 1.54) is 25.7 Å². The molecule has 0 spiro atoms. The van der Waals surface area contributed by atoms with Gasteiger partial charge in [0.1, 0.15) is 0 Å². The summed E-state index contributed by atoms with van der Waals surface area (Å²) < 4.78 is 0. The van der Waals surface area contributed by atoms with Crippen molar-refractivity contribution < 1.29 is 4.79 Å². The Morgan fingerprint density at radius 2 is 1.71 bits per heavy atom. The molecule has 1 saturated carbocycles. The van der Waals surface area contributed by atoms with E-state index in [1.54, 1.807) is 0 Å². The quantitative estimate of drug-likeness (QED) is 0.300. The topological polar surface area (TPSA) is 56.7 Å². The van der Waals surface area contributed by atoms with E-state index in [-0.39, 0.29) is 29.9 Å². The molecule has 28 heavy (non-hydrogen) atoms. The van der Waals surface area contributed by atoms with E-state index in [1.807, 2.05) is 43.0 Å². The maximum absolute atomic E-state index is 12.4. The van der Waals surface area contributed by atoms with E-state index < -0.39 is 0 Å². The normalized spacial score (nSPS) is 15.2. The second-order valence-electron chi connectivity index (χ2n) is 7.43. The van der Waals surface area contributed by atoms with Crippen LogP contribution in [0.15, 0.2) is 29.3 Å². The van der Waals surface area contributed by atoms with E-state index >= 15 is 0 Å². The zero-order valence-corrected chi connectivity index (χ0v) is 20.2. The molecule has 5 nitrogen and oxygen atoms in total. The fourth-order valence-electron chi connectivity index (χ4n) is 3.56. The molecule has 0 atom stereocenters. The molecule has 0 bridgehead atoms. The van der Waals surface area contributed by atoms with Gasteiger partial charge in [-0.1, -0.05) is 25.5 Å². The lowest BCUT2D eigenvalue weighted by Crippen LogP contribution is -2.46. The third kappa shape index (κ3) is 6.64. The van der Waals surface area contributed by atoms with Crippen molar-refractivity contribution in [3.05, 3.63) is 35.4 Å². The third-order valence-electron chi connectivity index (χ3n) is 5.81. The van der Waals surface area contributed by atoms with Crippen LogP contribution in [0.1, 0.15) is 69.3 Å². The van der Waals surface area contributed by atoms with Gasteiger partial charge in [0, 0.05) is 31.7 Å². The molecule has 0 aromatic heterocycles. The highest BCUT2D eigenvalue weighted by Crippen LogP contribution is 2.42. The van der Waals surface area contributed by atoms with E-state index in [2.05, 4.69) is 24.5 Å². The Morgan fingerprint density at radius 1 is 1.07 bits per heavy atom. The van der Waals surface area contributed by atoms with Gasteiger partial charge in [-0.2, -0.15) is 0 Å². The first kappa shape index (κ1) is 24.7. The van der Waals surface area contributed by atoms with Gasteiger partial charge in [0.2, 0.25) is 0 Å². The summed E-state index contributed by atoms with van der Waals surface area (Å²) in [5.41, 5.74) is 2.31. The third-order valence-corrected chi connectivity index (χ3v) is 5.81. The number of amides is 1. The average Bonchev–Trinajstić information content (AvgIpc) is 2.66. The molecular weight excluding hydrogens is 463 g/mol. The van der Waals surface area contributed by atoms with Crippen molar-refractivity contribution in [3.8, 4) is 0 Å². The Bertz CT molecular complexity index is 616. The van der Waals surface area contributed by atoms with Crippen molar-refractivity contribution >= 4 is 35.8 Å². The first-order chi connectivity index (χ1) is 13.1. The van der Waals surface area contributed by atoms with Crippen LogP contribution in [0.2, 0.25) is 0 Å². The minimum Gasteiger partial charge on any atom is -0.357 e. The van der Waals surface area contributed by atoms with Gasteiger partial charge in [0.05, 0.1) is 6.54 Å². The maximum atomic E-state index is 12.4. The summed E-state index contributed by atoms with van der Waals surface area (Å²) in [5.74, 6) is 0.968. The second-order valence-corrected chi connectivity index (χ2v) is 7.43. The molecule has 1 aromatic rings. The van der Waals surface area contributed by atoms with Crippen LogP contribution in [-0.4, -0.2) is 42.9 Å². The number of rotatable bonds is 9. The SMILES string of the molecule is CCNC(=NCc1ccc(C(=O)N(CC)CC)cc1)NCC1(CC)CCC1.I. The predicted molar refractivity (Wildman–Crippen MR) is 129 cm³/mol. The van der Waals surface area contributed by atoms with Crippen molar-refractivity contribution in [2.75, 3.05) is 26.2 Å². The molecule has 1 amide bonds. The molecule has 0 heterocycles. The van der Waals surface area contributed by atoms with Crippen LogP contribution in [0.5, 0.6) is 0 Å². The predicted octanol–water partition coefficient (Wildman–Crippen LogP) is 4.42. The Kier molecular flexibility index (Phi) is 10.9. The molecule has 2 N–H and O–H groups in total. The van der Waals surface area contributed by atoms with E-state index in [0.29, 0.717) is 12.0 Å². The van der Waals surface area contributed by atoms with Crippen LogP contribution in [0, 0.1) is 5.41 Å². The number of guanidine groups is 1. The van der Waals surface area contributed by atoms with Crippen LogP contribution in [0.25, 0.3) is 0 Å². The second kappa shape index (κ2) is 12.3. The first-order valence-electron chi connectivity index (χ1n) is 10.5. The summed E-state index contributed by atoms with van der Waals surface area (Å²) in [4.78, 5) is 18.9. The van der Waals surface area contributed by atoms with Crippen molar-refractivity contribution in [1.29, 1.82) is 0 Å².